The molecule has 0 radical (unpaired) electrons. The number of rotatable bonds is 8. The number of nitro benzene ring substituents is 1. The van der Waals surface area contributed by atoms with Crippen LogP contribution in [-0.2, 0) is 4.79 Å². The molecule has 1 fully saturated rings. The van der Waals surface area contributed by atoms with Crippen LogP contribution in [0.5, 0.6) is 11.5 Å². The molecular formula is C20H17ClN2O5S2. The van der Waals surface area contributed by atoms with Crippen LogP contribution in [0.4, 0.5) is 5.69 Å². The summed E-state index contributed by atoms with van der Waals surface area (Å²) in [5.41, 5.74) is 0.350. The van der Waals surface area contributed by atoms with Gasteiger partial charge in [0.2, 0.25) is 0 Å². The Bertz CT molecular complexity index is 1010. The van der Waals surface area contributed by atoms with E-state index in [-0.39, 0.29) is 11.6 Å². The molecule has 1 aliphatic heterocycles. The molecule has 0 bridgehead atoms. The van der Waals surface area contributed by atoms with Crippen molar-refractivity contribution in [2.75, 3.05) is 20.3 Å². The topological polar surface area (TPSA) is 81.9 Å². The van der Waals surface area contributed by atoms with Crippen LogP contribution in [0.25, 0.3) is 6.08 Å². The molecule has 0 saturated carbocycles. The number of thiocarbonyl (C=S) groups is 1. The fourth-order valence-electron chi connectivity index (χ4n) is 2.54. The highest BCUT2D eigenvalue weighted by Crippen LogP contribution is 2.34. The molecule has 1 saturated heterocycles. The summed E-state index contributed by atoms with van der Waals surface area (Å²) in [6.07, 6.45) is 2.16. The maximum absolute atomic E-state index is 12.3. The first-order valence-electron chi connectivity index (χ1n) is 8.86. The van der Waals surface area contributed by atoms with Crippen LogP contribution in [0.15, 0.2) is 47.4 Å². The standard InChI is InChI=1S/C20H17ClN2O5S2/c1-22-19(24)18(30-20(22)29)12-13-11-15(23(25)26)5-8-17(13)28-10-2-9-27-16-6-3-14(21)4-7-16/h3-8,11-12H,2,9-10H2,1H3/b18-12+. The molecule has 1 amide bonds. The largest absolute Gasteiger partial charge is 0.493 e. The predicted octanol–water partition coefficient (Wildman–Crippen LogP) is 4.93. The van der Waals surface area contributed by atoms with Crippen LogP contribution in [0.2, 0.25) is 5.02 Å². The summed E-state index contributed by atoms with van der Waals surface area (Å²) < 4.78 is 11.8. The molecule has 0 aliphatic carbocycles. The van der Waals surface area contributed by atoms with Crippen molar-refractivity contribution in [1.82, 2.24) is 4.90 Å². The van der Waals surface area contributed by atoms with Crippen molar-refractivity contribution in [3.8, 4) is 11.5 Å². The lowest BCUT2D eigenvalue weighted by molar-refractivity contribution is -0.384. The molecule has 0 aromatic heterocycles. The SMILES string of the molecule is CN1C(=O)/C(=C\c2cc([N+](=O)[O-])ccc2OCCCOc2ccc(Cl)cc2)SC1=S. The van der Waals surface area contributed by atoms with E-state index in [2.05, 4.69) is 0 Å². The van der Waals surface area contributed by atoms with Gasteiger partial charge in [0.05, 0.1) is 23.0 Å². The molecule has 156 valence electrons. The highest BCUT2D eigenvalue weighted by Gasteiger charge is 2.29. The summed E-state index contributed by atoms with van der Waals surface area (Å²) in [5, 5.41) is 11.8. The predicted molar refractivity (Wildman–Crippen MR) is 121 cm³/mol. The van der Waals surface area contributed by atoms with Gasteiger partial charge in [0.15, 0.2) is 0 Å². The van der Waals surface area contributed by atoms with Gasteiger partial charge in [-0.3, -0.25) is 19.8 Å². The number of ether oxygens (including phenoxy) is 2. The highest BCUT2D eigenvalue weighted by atomic mass is 35.5. The fourth-order valence-corrected chi connectivity index (χ4v) is 3.84. The van der Waals surface area contributed by atoms with E-state index in [1.807, 2.05) is 0 Å². The average Bonchev–Trinajstić information content (AvgIpc) is 2.96. The first-order chi connectivity index (χ1) is 14.3. The summed E-state index contributed by atoms with van der Waals surface area (Å²) >= 11 is 12.1. The second-order valence-corrected chi connectivity index (χ2v) is 8.34. The first-order valence-corrected chi connectivity index (χ1v) is 10.5. The quantitative estimate of drug-likeness (QED) is 0.180. The van der Waals surface area contributed by atoms with Crippen molar-refractivity contribution in [3.63, 3.8) is 0 Å². The van der Waals surface area contributed by atoms with Gasteiger partial charge in [-0.2, -0.15) is 0 Å². The zero-order valence-electron chi connectivity index (χ0n) is 15.9. The molecule has 0 spiro atoms. The van der Waals surface area contributed by atoms with Gasteiger partial charge in [0.1, 0.15) is 15.8 Å². The number of halogens is 1. The molecule has 0 N–H and O–H groups in total. The second-order valence-electron chi connectivity index (χ2n) is 6.22. The van der Waals surface area contributed by atoms with E-state index in [4.69, 9.17) is 33.3 Å². The van der Waals surface area contributed by atoms with Gasteiger partial charge in [-0.1, -0.05) is 35.6 Å². The molecule has 30 heavy (non-hydrogen) atoms. The van der Waals surface area contributed by atoms with Gasteiger partial charge in [-0.25, -0.2) is 0 Å². The van der Waals surface area contributed by atoms with Gasteiger partial charge in [0, 0.05) is 36.2 Å². The van der Waals surface area contributed by atoms with Crippen molar-refractivity contribution >= 4 is 57.6 Å². The van der Waals surface area contributed by atoms with Crippen LogP contribution in [0, 0.1) is 10.1 Å². The van der Waals surface area contributed by atoms with Crippen LogP contribution in [-0.4, -0.2) is 40.3 Å². The van der Waals surface area contributed by atoms with Gasteiger partial charge in [0.25, 0.3) is 11.6 Å². The number of thioether (sulfide) groups is 1. The second kappa shape index (κ2) is 9.92. The number of nitro groups is 1. The zero-order valence-corrected chi connectivity index (χ0v) is 18.3. The van der Waals surface area contributed by atoms with Crippen LogP contribution in [0.1, 0.15) is 12.0 Å². The zero-order chi connectivity index (χ0) is 21.7. The number of hydrogen-bond acceptors (Lipinski definition) is 7. The number of benzene rings is 2. The number of amides is 1. The number of nitrogens with zero attached hydrogens (tertiary/aromatic N) is 2. The number of carbonyl (C=O) groups excluding carboxylic acids is 1. The van der Waals surface area contributed by atoms with Crippen molar-refractivity contribution in [2.45, 2.75) is 6.42 Å². The Kier molecular flexibility index (Phi) is 7.30. The molecule has 7 nitrogen and oxygen atoms in total. The summed E-state index contributed by atoms with van der Waals surface area (Å²) in [4.78, 5) is 24.7. The number of carbonyl (C=O) groups is 1. The molecule has 1 aliphatic rings. The van der Waals surface area contributed by atoms with Gasteiger partial charge < -0.3 is 9.47 Å². The minimum atomic E-state index is -0.494. The maximum atomic E-state index is 12.3. The summed E-state index contributed by atoms with van der Waals surface area (Å²) in [5.74, 6) is 0.893. The lowest BCUT2D eigenvalue weighted by atomic mass is 10.1. The number of non-ortho nitro benzene ring substituents is 1. The van der Waals surface area contributed by atoms with Gasteiger partial charge in [-0.05, 0) is 36.4 Å². The number of hydrogen-bond donors (Lipinski definition) is 0. The summed E-state index contributed by atoms with van der Waals surface area (Å²) in [6, 6.07) is 11.3. The highest BCUT2D eigenvalue weighted by molar-refractivity contribution is 8.26. The summed E-state index contributed by atoms with van der Waals surface area (Å²) in [6.45, 7) is 0.763. The van der Waals surface area contributed by atoms with Crippen LogP contribution < -0.4 is 9.47 Å². The first kappa shape index (κ1) is 22.1. The number of likely N-dealkylation sites (N-methyl/N-ethyl adjacent to an activating group) is 1. The summed E-state index contributed by atoms with van der Waals surface area (Å²) in [7, 11) is 1.59. The molecule has 3 rings (SSSR count). The van der Waals surface area contributed by atoms with Gasteiger partial charge in [-0.15, -0.1) is 0 Å². The Hall–Kier alpha value is -2.62. The minimum Gasteiger partial charge on any atom is -0.493 e. The third-order valence-corrected chi connectivity index (χ3v) is 5.84. The Balaban J connectivity index is 1.66. The monoisotopic (exact) mass is 464 g/mol. The van der Waals surface area contributed by atoms with E-state index >= 15 is 0 Å². The fraction of sp³-hybridized carbons (Fsp3) is 0.200. The van der Waals surface area contributed by atoms with Crippen molar-refractivity contribution in [3.05, 3.63) is 68.1 Å². The molecule has 0 unspecified atom stereocenters. The van der Waals surface area contributed by atoms with E-state index < -0.39 is 4.92 Å². The maximum Gasteiger partial charge on any atom is 0.270 e. The Morgan fingerprint density at radius 2 is 1.90 bits per heavy atom. The van der Waals surface area contributed by atoms with E-state index in [9.17, 15) is 14.9 Å². The van der Waals surface area contributed by atoms with E-state index in [0.717, 1.165) is 11.8 Å². The van der Waals surface area contributed by atoms with E-state index in [0.29, 0.717) is 50.9 Å². The Morgan fingerprint density at radius 3 is 2.53 bits per heavy atom. The van der Waals surface area contributed by atoms with E-state index in [1.165, 1.54) is 23.1 Å². The minimum absolute atomic E-state index is 0.0911. The van der Waals surface area contributed by atoms with Gasteiger partial charge >= 0.3 is 0 Å². The third-order valence-electron chi connectivity index (χ3n) is 4.11. The van der Waals surface area contributed by atoms with Crippen LogP contribution >= 0.6 is 35.6 Å². The Morgan fingerprint density at radius 1 is 1.20 bits per heavy atom. The lowest BCUT2D eigenvalue weighted by Gasteiger charge is -2.11. The lowest BCUT2D eigenvalue weighted by Crippen LogP contribution is -2.22. The Labute approximate surface area is 187 Å². The molecular weight excluding hydrogens is 448 g/mol. The van der Waals surface area contributed by atoms with Crippen molar-refractivity contribution in [2.24, 2.45) is 0 Å². The molecule has 1 heterocycles. The molecule has 2 aromatic rings. The molecule has 10 heteroatoms. The smallest absolute Gasteiger partial charge is 0.270 e. The third kappa shape index (κ3) is 5.50. The average molecular weight is 465 g/mol. The van der Waals surface area contributed by atoms with E-state index in [1.54, 1.807) is 37.4 Å². The van der Waals surface area contributed by atoms with Crippen molar-refractivity contribution < 1.29 is 19.2 Å². The molecule has 0 atom stereocenters. The van der Waals surface area contributed by atoms with Crippen molar-refractivity contribution in [1.29, 1.82) is 0 Å². The normalized spacial score (nSPS) is 15.0. The molecule has 2 aromatic carbocycles. The van der Waals surface area contributed by atoms with Crippen LogP contribution in [0.3, 0.4) is 0 Å².